The van der Waals surface area contributed by atoms with Crippen molar-refractivity contribution in [3.8, 4) is 0 Å². The Balaban J connectivity index is 2.13. The van der Waals surface area contributed by atoms with Gasteiger partial charge in [0.05, 0.1) is 4.92 Å². The second kappa shape index (κ2) is 5.62. The number of aromatic carboxylic acids is 1. The standard InChI is InChI=1S/C15H10ClN3O4/c16-8-1-3-9(4-2-8)17-11-5-6-13(19(22)23)14-10(11)7-12(18-14)15(20)21/h1-7,17-18H,(H,20,21). The van der Waals surface area contributed by atoms with Gasteiger partial charge in [0.2, 0.25) is 0 Å². The SMILES string of the molecule is O=C(O)c1cc2c(Nc3ccc(Cl)cc3)ccc([N+](=O)[O-])c2[nH]1. The molecule has 0 saturated carbocycles. The summed E-state index contributed by atoms with van der Waals surface area (Å²) in [7, 11) is 0. The summed E-state index contributed by atoms with van der Waals surface area (Å²) in [4.78, 5) is 24.2. The Morgan fingerprint density at radius 2 is 1.91 bits per heavy atom. The number of anilines is 2. The lowest BCUT2D eigenvalue weighted by atomic mass is 10.1. The molecule has 0 saturated heterocycles. The molecular weight excluding hydrogens is 322 g/mol. The minimum absolute atomic E-state index is 0.117. The van der Waals surface area contributed by atoms with Gasteiger partial charge in [-0.1, -0.05) is 11.6 Å². The molecule has 0 aliphatic carbocycles. The summed E-state index contributed by atoms with van der Waals surface area (Å²) in [6, 6.07) is 11.1. The van der Waals surface area contributed by atoms with Gasteiger partial charge in [0.1, 0.15) is 11.2 Å². The van der Waals surface area contributed by atoms with Crippen LogP contribution in [0.1, 0.15) is 10.5 Å². The fourth-order valence-corrected chi connectivity index (χ4v) is 2.40. The van der Waals surface area contributed by atoms with Crippen LogP contribution in [-0.4, -0.2) is 21.0 Å². The highest BCUT2D eigenvalue weighted by atomic mass is 35.5. The number of carboxylic acid groups (broad SMARTS) is 1. The number of rotatable bonds is 4. The van der Waals surface area contributed by atoms with Crippen LogP contribution in [0.2, 0.25) is 5.02 Å². The van der Waals surface area contributed by atoms with Gasteiger partial charge < -0.3 is 15.4 Å². The number of nitro benzene ring substituents is 1. The first-order chi connectivity index (χ1) is 11.0. The highest BCUT2D eigenvalue weighted by Crippen LogP contribution is 2.33. The molecule has 116 valence electrons. The molecule has 8 heteroatoms. The van der Waals surface area contributed by atoms with Crippen LogP contribution < -0.4 is 5.32 Å². The van der Waals surface area contributed by atoms with Crippen molar-refractivity contribution < 1.29 is 14.8 Å². The molecule has 3 N–H and O–H groups in total. The summed E-state index contributed by atoms with van der Waals surface area (Å²) < 4.78 is 0. The number of hydrogen-bond acceptors (Lipinski definition) is 4. The number of carbonyl (C=O) groups is 1. The summed E-state index contributed by atoms with van der Waals surface area (Å²) in [6.07, 6.45) is 0. The zero-order valence-corrected chi connectivity index (χ0v) is 12.3. The van der Waals surface area contributed by atoms with Gasteiger partial charge >= 0.3 is 5.97 Å². The third-order valence-corrected chi connectivity index (χ3v) is 3.57. The van der Waals surface area contributed by atoms with E-state index in [1.54, 1.807) is 24.3 Å². The van der Waals surface area contributed by atoms with Crippen LogP contribution in [0.25, 0.3) is 10.9 Å². The lowest BCUT2D eigenvalue weighted by Gasteiger charge is -2.08. The van der Waals surface area contributed by atoms with Crippen molar-refractivity contribution in [1.29, 1.82) is 0 Å². The Hall–Kier alpha value is -3.06. The van der Waals surface area contributed by atoms with Gasteiger partial charge in [0.15, 0.2) is 0 Å². The van der Waals surface area contributed by atoms with Crippen molar-refractivity contribution in [2.45, 2.75) is 0 Å². The third-order valence-electron chi connectivity index (χ3n) is 3.32. The molecule has 3 aromatic rings. The average Bonchev–Trinajstić information content (AvgIpc) is 2.95. The molecule has 0 aliphatic heterocycles. The number of nitro groups is 1. The van der Waals surface area contributed by atoms with Gasteiger partial charge in [-0.25, -0.2) is 4.79 Å². The van der Waals surface area contributed by atoms with Gasteiger partial charge in [0.25, 0.3) is 5.69 Å². The van der Waals surface area contributed by atoms with Crippen LogP contribution in [0.5, 0.6) is 0 Å². The molecule has 0 spiro atoms. The molecule has 0 radical (unpaired) electrons. The number of H-pyrrole nitrogens is 1. The van der Waals surface area contributed by atoms with E-state index in [1.807, 2.05) is 0 Å². The number of halogens is 1. The highest BCUT2D eigenvalue weighted by molar-refractivity contribution is 6.30. The summed E-state index contributed by atoms with van der Waals surface area (Å²) >= 11 is 5.83. The Kier molecular flexibility index (Phi) is 3.63. The third kappa shape index (κ3) is 2.82. The van der Waals surface area contributed by atoms with Gasteiger partial charge in [-0.15, -0.1) is 0 Å². The van der Waals surface area contributed by atoms with Crippen molar-refractivity contribution >= 4 is 45.5 Å². The normalized spacial score (nSPS) is 10.7. The second-order valence-electron chi connectivity index (χ2n) is 4.80. The number of benzene rings is 2. The fourth-order valence-electron chi connectivity index (χ4n) is 2.27. The molecule has 0 aliphatic rings. The predicted octanol–water partition coefficient (Wildman–Crippen LogP) is 4.17. The fraction of sp³-hybridized carbons (Fsp3) is 0. The summed E-state index contributed by atoms with van der Waals surface area (Å²) in [5.74, 6) is -1.19. The number of nitrogens with zero attached hydrogens (tertiary/aromatic N) is 1. The monoisotopic (exact) mass is 331 g/mol. The topological polar surface area (TPSA) is 108 Å². The van der Waals surface area contributed by atoms with Crippen LogP contribution in [0.15, 0.2) is 42.5 Å². The molecule has 0 fully saturated rings. The molecule has 0 amide bonds. The van der Waals surface area contributed by atoms with Crippen LogP contribution in [0, 0.1) is 10.1 Å². The minimum atomic E-state index is -1.19. The first-order valence-corrected chi connectivity index (χ1v) is 6.89. The average molecular weight is 332 g/mol. The molecule has 1 heterocycles. The number of aromatic nitrogens is 1. The molecule has 0 bridgehead atoms. The summed E-state index contributed by atoms with van der Waals surface area (Å²) in [5.41, 5.74) is 1.13. The second-order valence-corrected chi connectivity index (χ2v) is 5.23. The van der Waals surface area contributed by atoms with Crippen LogP contribution in [0.4, 0.5) is 17.1 Å². The van der Waals surface area contributed by atoms with Gasteiger partial charge in [-0.05, 0) is 36.4 Å². The van der Waals surface area contributed by atoms with E-state index in [4.69, 9.17) is 16.7 Å². The highest BCUT2D eigenvalue weighted by Gasteiger charge is 2.19. The van der Waals surface area contributed by atoms with E-state index in [-0.39, 0.29) is 16.9 Å². The number of carboxylic acids is 1. The number of hydrogen-bond donors (Lipinski definition) is 3. The lowest BCUT2D eigenvalue weighted by Crippen LogP contribution is -1.95. The molecule has 3 rings (SSSR count). The summed E-state index contributed by atoms with van der Waals surface area (Å²) in [5, 5.41) is 24.3. The molecule has 0 atom stereocenters. The molecule has 7 nitrogen and oxygen atoms in total. The minimum Gasteiger partial charge on any atom is -0.477 e. The molecule has 1 aromatic heterocycles. The Bertz CT molecular complexity index is 918. The predicted molar refractivity (Wildman–Crippen MR) is 86.6 cm³/mol. The van der Waals surface area contributed by atoms with Crippen LogP contribution >= 0.6 is 11.6 Å². The molecule has 2 aromatic carbocycles. The smallest absolute Gasteiger partial charge is 0.352 e. The molecule has 23 heavy (non-hydrogen) atoms. The largest absolute Gasteiger partial charge is 0.477 e. The Morgan fingerprint density at radius 3 is 2.52 bits per heavy atom. The zero-order chi connectivity index (χ0) is 16.6. The maximum Gasteiger partial charge on any atom is 0.352 e. The first-order valence-electron chi connectivity index (χ1n) is 6.51. The lowest BCUT2D eigenvalue weighted by molar-refractivity contribution is -0.383. The van der Waals surface area contributed by atoms with E-state index in [1.165, 1.54) is 18.2 Å². The van der Waals surface area contributed by atoms with Crippen molar-refractivity contribution in [3.63, 3.8) is 0 Å². The van der Waals surface area contributed by atoms with Crippen LogP contribution in [-0.2, 0) is 0 Å². The van der Waals surface area contributed by atoms with E-state index in [9.17, 15) is 14.9 Å². The quantitative estimate of drug-likeness (QED) is 0.491. The number of non-ortho nitro benzene ring substituents is 1. The Morgan fingerprint density at radius 1 is 1.22 bits per heavy atom. The number of fused-ring (bicyclic) bond motifs is 1. The number of nitrogens with one attached hydrogen (secondary N) is 2. The molecule has 0 unspecified atom stereocenters. The number of aromatic amines is 1. The van der Waals surface area contributed by atoms with Crippen molar-refractivity contribution in [3.05, 3.63) is 63.3 Å². The van der Waals surface area contributed by atoms with Gasteiger partial charge in [-0.2, -0.15) is 0 Å². The van der Waals surface area contributed by atoms with Gasteiger partial charge in [-0.3, -0.25) is 10.1 Å². The first kappa shape index (κ1) is 14.9. The van der Waals surface area contributed by atoms with E-state index in [2.05, 4.69) is 10.3 Å². The maximum absolute atomic E-state index is 11.1. The van der Waals surface area contributed by atoms with E-state index in [0.29, 0.717) is 16.1 Å². The van der Waals surface area contributed by atoms with Crippen molar-refractivity contribution in [2.24, 2.45) is 0 Å². The van der Waals surface area contributed by atoms with Crippen LogP contribution in [0.3, 0.4) is 0 Å². The van der Waals surface area contributed by atoms with E-state index >= 15 is 0 Å². The maximum atomic E-state index is 11.1. The van der Waals surface area contributed by atoms with Crippen molar-refractivity contribution in [2.75, 3.05) is 5.32 Å². The molecular formula is C15H10ClN3O4. The zero-order valence-electron chi connectivity index (χ0n) is 11.5. The Labute approximate surface area is 134 Å². The van der Waals surface area contributed by atoms with E-state index < -0.39 is 10.9 Å². The van der Waals surface area contributed by atoms with Crippen molar-refractivity contribution in [1.82, 2.24) is 4.98 Å². The van der Waals surface area contributed by atoms with Gasteiger partial charge in [0, 0.05) is 27.8 Å². The van der Waals surface area contributed by atoms with E-state index in [0.717, 1.165) is 5.69 Å². The summed E-state index contributed by atoms with van der Waals surface area (Å²) in [6.45, 7) is 0.